The average Bonchev–Trinajstić information content (AvgIpc) is 2.94. The molecule has 1 N–H and O–H groups in total. The van der Waals surface area contributed by atoms with Crippen LogP contribution in [0.25, 0.3) is 11.1 Å². The van der Waals surface area contributed by atoms with Crippen molar-refractivity contribution in [1.29, 1.82) is 0 Å². The van der Waals surface area contributed by atoms with Crippen molar-refractivity contribution in [2.24, 2.45) is 5.92 Å². The molecule has 0 saturated carbocycles. The van der Waals surface area contributed by atoms with Crippen LogP contribution in [0.1, 0.15) is 26.8 Å². The van der Waals surface area contributed by atoms with Gasteiger partial charge in [0.25, 0.3) is 0 Å². The molecule has 3 nitrogen and oxygen atoms in total. The van der Waals surface area contributed by atoms with Gasteiger partial charge in [-0.25, -0.2) is 0 Å². The Morgan fingerprint density at radius 3 is 2.58 bits per heavy atom. The second-order valence-electron chi connectivity index (χ2n) is 5.10. The Morgan fingerprint density at radius 1 is 1.16 bits per heavy atom. The zero-order chi connectivity index (χ0) is 13.7. The molecule has 2 atom stereocenters. The Balaban J connectivity index is 2.08. The van der Waals surface area contributed by atoms with Gasteiger partial charge in [-0.15, -0.1) is 0 Å². The summed E-state index contributed by atoms with van der Waals surface area (Å²) >= 11 is 0. The molecule has 1 aromatic heterocycles. The minimum absolute atomic E-state index is 0.400. The van der Waals surface area contributed by atoms with Crippen LogP contribution in [-0.2, 0) is 0 Å². The van der Waals surface area contributed by atoms with Crippen LogP contribution in [0.15, 0.2) is 42.7 Å². The first-order valence-electron chi connectivity index (χ1n) is 7.02. The summed E-state index contributed by atoms with van der Waals surface area (Å²) < 4.78 is 2.07. The molecule has 0 radical (unpaired) electrons. The van der Waals surface area contributed by atoms with Crippen molar-refractivity contribution in [3.05, 3.63) is 42.7 Å². The highest BCUT2D eigenvalue weighted by Crippen LogP contribution is 2.22. The van der Waals surface area contributed by atoms with Crippen LogP contribution in [-0.4, -0.2) is 22.9 Å². The minimum atomic E-state index is 0.400. The Bertz CT molecular complexity index is 490. The van der Waals surface area contributed by atoms with Crippen LogP contribution >= 0.6 is 0 Å². The van der Waals surface area contributed by atoms with E-state index in [-0.39, 0.29) is 0 Å². The molecule has 1 aromatic carbocycles. The summed E-state index contributed by atoms with van der Waals surface area (Å²) in [5.41, 5.74) is 2.41. The molecule has 2 aromatic rings. The van der Waals surface area contributed by atoms with Crippen LogP contribution in [0.2, 0.25) is 0 Å². The highest BCUT2D eigenvalue weighted by molar-refractivity contribution is 5.61. The van der Waals surface area contributed by atoms with Crippen molar-refractivity contribution < 1.29 is 0 Å². The number of nitrogens with zero attached hydrogens (tertiary/aromatic N) is 2. The molecule has 0 fully saturated rings. The van der Waals surface area contributed by atoms with Gasteiger partial charge in [0.05, 0.1) is 12.2 Å². The second kappa shape index (κ2) is 6.53. The number of rotatable bonds is 6. The average molecular weight is 257 g/mol. The fraction of sp³-hybridized carbons (Fsp3) is 0.438. The summed E-state index contributed by atoms with van der Waals surface area (Å²) in [4.78, 5) is 0. The SMILES string of the molecule is CCNCC(C)C(C)n1cc(-c2ccccc2)cn1. The molecule has 2 rings (SSSR count). The van der Waals surface area contributed by atoms with Gasteiger partial charge in [0, 0.05) is 11.8 Å². The van der Waals surface area contributed by atoms with E-state index in [1.54, 1.807) is 0 Å². The summed E-state index contributed by atoms with van der Waals surface area (Å²) in [6.07, 6.45) is 4.09. The maximum atomic E-state index is 4.51. The third-order valence-corrected chi connectivity index (χ3v) is 3.67. The number of aromatic nitrogens is 2. The standard InChI is InChI=1S/C16H23N3/c1-4-17-10-13(2)14(3)19-12-16(11-18-19)15-8-6-5-7-9-15/h5-9,11-14,17H,4,10H2,1-3H3. The molecule has 2 unspecified atom stereocenters. The van der Waals surface area contributed by atoms with Crippen LogP contribution in [0.3, 0.4) is 0 Å². The Hall–Kier alpha value is -1.61. The molecule has 1 heterocycles. The van der Waals surface area contributed by atoms with E-state index in [4.69, 9.17) is 0 Å². The van der Waals surface area contributed by atoms with Gasteiger partial charge in [0.1, 0.15) is 0 Å². The zero-order valence-electron chi connectivity index (χ0n) is 12.0. The van der Waals surface area contributed by atoms with Crippen molar-refractivity contribution in [2.45, 2.75) is 26.8 Å². The highest BCUT2D eigenvalue weighted by atomic mass is 15.3. The lowest BCUT2D eigenvalue weighted by Gasteiger charge is -2.20. The van der Waals surface area contributed by atoms with Gasteiger partial charge in [0.2, 0.25) is 0 Å². The van der Waals surface area contributed by atoms with Crippen LogP contribution in [0, 0.1) is 5.92 Å². The Morgan fingerprint density at radius 2 is 1.89 bits per heavy atom. The van der Waals surface area contributed by atoms with Gasteiger partial charge in [-0.3, -0.25) is 4.68 Å². The quantitative estimate of drug-likeness (QED) is 0.860. The van der Waals surface area contributed by atoms with E-state index < -0.39 is 0 Å². The third-order valence-electron chi connectivity index (χ3n) is 3.67. The number of benzene rings is 1. The molecule has 0 saturated heterocycles. The zero-order valence-corrected chi connectivity index (χ0v) is 12.0. The lowest BCUT2D eigenvalue weighted by molar-refractivity contribution is 0.339. The van der Waals surface area contributed by atoms with Crippen molar-refractivity contribution in [2.75, 3.05) is 13.1 Å². The van der Waals surface area contributed by atoms with E-state index >= 15 is 0 Å². The number of hydrogen-bond acceptors (Lipinski definition) is 2. The monoisotopic (exact) mass is 257 g/mol. The molecule has 3 heteroatoms. The highest BCUT2D eigenvalue weighted by Gasteiger charge is 2.14. The fourth-order valence-electron chi connectivity index (χ4n) is 2.14. The topological polar surface area (TPSA) is 29.9 Å². The summed E-state index contributed by atoms with van der Waals surface area (Å²) in [7, 11) is 0. The largest absolute Gasteiger partial charge is 0.317 e. The second-order valence-corrected chi connectivity index (χ2v) is 5.10. The van der Waals surface area contributed by atoms with Crippen molar-refractivity contribution in [3.8, 4) is 11.1 Å². The first-order chi connectivity index (χ1) is 9.22. The van der Waals surface area contributed by atoms with Crippen LogP contribution in [0.5, 0.6) is 0 Å². The summed E-state index contributed by atoms with van der Waals surface area (Å²) in [5, 5.41) is 7.91. The molecule has 0 aliphatic heterocycles. The fourth-order valence-corrected chi connectivity index (χ4v) is 2.14. The van der Waals surface area contributed by atoms with Gasteiger partial charge >= 0.3 is 0 Å². The number of hydrogen-bond donors (Lipinski definition) is 1. The molecule has 0 bridgehead atoms. The smallest absolute Gasteiger partial charge is 0.0568 e. The van der Waals surface area contributed by atoms with E-state index in [9.17, 15) is 0 Å². The molecule has 0 spiro atoms. The Labute approximate surface area is 115 Å². The molecule has 0 amide bonds. The third kappa shape index (κ3) is 3.44. The van der Waals surface area contributed by atoms with Crippen molar-refractivity contribution in [3.63, 3.8) is 0 Å². The van der Waals surface area contributed by atoms with Crippen molar-refractivity contribution >= 4 is 0 Å². The molecule has 102 valence electrons. The Kier molecular flexibility index (Phi) is 4.74. The van der Waals surface area contributed by atoms with E-state index in [1.165, 1.54) is 11.1 Å². The van der Waals surface area contributed by atoms with Crippen molar-refractivity contribution in [1.82, 2.24) is 15.1 Å². The minimum Gasteiger partial charge on any atom is -0.317 e. The molecular formula is C16H23N3. The normalized spacial score (nSPS) is 14.3. The predicted octanol–water partition coefficient (Wildman–Crippen LogP) is 3.36. The molecular weight excluding hydrogens is 234 g/mol. The predicted molar refractivity (Wildman–Crippen MR) is 80.1 cm³/mol. The van der Waals surface area contributed by atoms with E-state index in [2.05, 4.69) is 66.3 Å². The van der Waals surface area contributed by atoms with E-state index in [1.807, 2.05) is 12.3 Å². The maximum absolute atomic E-state index is 4.51. The summed E-state index contributed by atoms with van der Waals surface area (Å²) in [6, 6.07) is 10.8. The van der Waals surface area contributed by atoms with E-state index in [0.29, 0.717) is 12.0 Å². The van der Waals surface area contributed by atoms with Gasteiger partial charge in [-0.1, -0.05) is 44.2 Å². The molecule has 0 aliphatic rings. The van der Waals surface area contributed by atoms with Crippen LogP contribution in [0.4, 0.5) is 0 Å². The lowest BCUT2D eigenvalue weighted by Crippen LogP contribution is -2.26. The van der Waals surface area contributed by atoms with Gasteiger partial charge < -0.3 is 5.32 Å². The summed E-state index contributed by atoms with van der Waals surface area (Å²) in [6.45, 7) is 8.67. The summed E-state index contributed by atoms with van der Waals surface area (Å²) in [5.74, 6) is 0.559. The van der Waals surface area contributed by atoms with E-state index in [0.717, 1.165) is 13.1 Å². The first kappa shape index (κ1) is 13.8. The molecule has 0 aliphatic carbocycles. The van der Waals surface area contributed by atoms with Crippen LogP contribution < -0.4 is 5.32 Å². The maximum Gasteiger partial charge on any atom is 0.0568 e. The molecule has 19 heavy (non-hydrogen) atoms. The van der Waals surface area contributed by atoms with Gasteiger partial charge in [0.15, 0.2) is 0 Å². The number of nitrogens with one attached hydrogen (secondary N) is 1. The lowest BCUT2D eigenvalue weighted by atomic mass is 10.0. The first-order valence-corrected chi connectivity index (χ1v) is 7.02. The van der Waals surface area contributed by atoms with Gasteiger partial charge in [-0.05, 0) is 31.5 Å². The van der Waals surface area contributed by atoms with Gasteiger partial charge in [-0.2, -0.15) is 5.10 Å².